The Balaban J connectivity index is 1.87. The van der Waals surface area contributed by atoms with Gasteiger partial charge >= 0.3 is 6.18 Å². The zero-order chi connectivity index (χ0) is 16.4. The van der Waals surface area contributed by atoms with E-state index in [0.717, 1.165) is 23.0 Å². The molecule has 0 aliphatic rings. The predicted molar refractivity (Wildman–Crippen MR) is 85.9 cm³/mol. The highest BCUT2D eigenvalue weighted by molar-refractivity contribution is 7.17. The van der Waals surface area contributed by atoms with Crippen LogP contribution in [0.15, 0.2) is 53.9 Å². The van der Waals surface area contributed by atoms with Crippen LogP contribution in [0.3, 0.4) is 0 Å². The van der Waals surface area contributed by atoms with Crippen molar-refractivity contribution in [2.75, 3.05) is 0 Å². The number of alkyl halides is 3. The average Bonchev–Trinajstić information content (AvgIpc) is 2.96. The molecule has 1 nitrogen and oxygen atoms in total. The number of benzene rings is 2. The van der Waals surface area contributed by atoms with Crippen LogP contribution < -0.4 is 0 Å². The van der Waals surface area contributed by atoms with Crippen molar-refractivity contribution in [3.63, 3.8) is 0 Å². The first-order valence-corrected chi connectivity index (χ1v) is 7.99. The van der Waals surface area contributed by atoms with Crippen LogP contribution in [0.25, 0.3) is 10.1 Å². The maximum Gasteiger partial charge on any atom is 0.417 e. The number of fused-ring (bicyclic) bond motifs is 1. The fourth-order valence-corrected chi connectivity index (χ4v) is 3.64. The highest BCUT2D eigenvalue weighted by Gasteiger charge is 2.33. The summed E-state index contributed by atoms with van der Waals surface area (Å²) >= 11 is 0.977. The van der Waals surface area contributed by atoms with E-state index >= 15 is 0 Å². The Labute approximate surface area is 135 Å². The van der Waals surface area contributed by atoms with Crippen molar-refractivity contribution >= 4 is 27.2 Å². The molecular formula is C18H13F3OS. The molecule has 1 aromatic heterocycles. The molecule has 2 aromatic carbocycles. The summed E-state index contributed by atoms with van der Waals surface area (Å²) in [5.41, 5.74) is 0.741. The first-order chi connectivity index (χ1) is 11.0. The van der Waals surface area contributed by atoms with Gasteiger partial charge in [0.05, 0.1) is 5.56 Å². The molecule has 0 unspecified atom stereocenters. The topological polar surface area (TPSA) is 17.1 Å². The molecule has 1 heterocycles. The number of thiophene rings is 1. The highest BCUT2D eigenvalue weighted by atomic mass is 32.1. The number of hydrogen-bond donors (Lipinski definition) is 0. The molecule has 23 heavy (non-hydrogen) atoms. The van der Waals surface area contributed by atoms with Gasteiger partial charge in [0.2, 0.25) is 0 Å². The van der Waals surface area contributed by atoms with Crippen molar-refractivity contribution in [3.8, 4) is 0 Å². The van der Waals surface area contributed by atoms with Gasteiger partial charge in [-0.3, -0.25) is 4.79 Å². The fraction of sp³-hybridized carbons (Fsp3) is 0.167. The van der Waals surface area contributed by atoms with E-state index in [-0.39, 0.29) is 16.9 Å². The number of halogens is 3. The van der Waals surface area contributed by atoms with Crippen molar-refractivity contribution in [3.05, 3.63) is 70.6 Å². The van der Waals surface area contributed by atoms with E-state index in [2.05, 4.69) is 0 Å². The maximum absolute atomic E-state index is 13.0. The minimum absolute atomic E-state index is 0.126. The SMILES string of the molecule is O=C(CCc1ccccc1)c1csc2c(C(F)(F)F)cccc12. The van der Waals surface area contributed by atoms with Crippen molar-refractivity contribution in [1.29, 1.82) is 0 Å². The molecule has 0 saturated heterocycles. The van der Waals surface area contributed by atoms with E-state index in [0.29, 0.717) is 17.4 Å². The van der Waals surface area contributed by atoms with E-state index in [4.69, 9.17) is 0 Å². The quantitative estimate of drug-likeness (QED) is 0.556. The molecular weight excluding hydrogens is 321 g/mol. The first-order valence-electron chi connectivity index (χ1n) is 7.11. The molecule has 0 saturated carbocycles. The van der Waals surface area contributed by atoms with Gasteiger partial charge in [-0.1, -0.05) is 42.5 Å². The van der Waals surface area contributed by atoms with Crippen LogP contribution in [0.2, 0.25) is 0 Å². The molecule has 0 bridgehead atoms. The van der Waals surface area contributed by atoms with Gasteiger partial charge in [0.1, 0.15) is 0 Å². The number of carbonyl (C=O) groups is 1. The number of hydrogen-bond acceptors (Lipinski definition) is 2. The number of aryl methyl sites for hydroxylation is 1. The average molecular weight is 334 g/mol. The molecule has 0 radical (unpaired) electrons. The van der Waals surface area contributed by atoms with Gasteiger partial charge in [-0.05, 0) is 18.1 Å². The maximum atomic E-state index is 13.0. The Morgan fingerprint density at radius 1 is 1.00 bits per heavy atom. The second-order valence-corrected chi connectivity index (χ2v) is 6.12. The smallest absolute Gasteiger partial charge is 0.294 e. The summed E-state index contributed by atoms with van der Waals surface area (Å²) in [7, 11) is 0. The van der Waals surface area contributed by atoms with Gasteiger partial charge in [0.25, 0.3) is 0 Å². The third-order valence-electron chi connectivity index (χ3n) is 3.69. The molecule has 0 N–H and O–H groups in total. The Bertz CT molecular complexity index is 834. The zero-order valence-electron chi connectivity index (χ0n) is 12.1. The van der Waals surface area contributed by atoms with E-state index in [1.165, 1.54) is 11.4 Å². The van der Waals surface area contributed by atoms with E-state index in [1.807, 2.05) is 30.3 Å². The second-order valence-electron chi connectivity index (χ2n) is 5.24. The first kappa shape index (κ1) is 15.7. The summed E-state index contributed by atoms with van der Waals surface area (Å²) in [6, 6.07) is 13.5. The number of rotatable bonds is 4. The Morgan fingerprint density at radius 3 is 2.43 bits per heavy atom. The molecule has 0 aliphatic heterocycles. The van der Waals surface area contributed by atoms with Crippen LogP contribution in [0, 0.1) is 0 Å². The summed E-state index contributed by atoms with van der Waals surface area (Å²) in [6.45, 7) is 0. The normalized spacial score (nSPS) is 11.8. The molecule has 0 aliphatic carbocycles. The lowest BCUT2D eigenvalue weighted by Crippen LogP contribution is -2.05. The van der Waals surface area contributed by atoms with E-state index < -0.39 is 11.7 Å². The third kappa shape index (κ3) is 3.29. The number of carbonyl (C=O) groups excluding carboxylic acids is 1. The van der Waals surface area contributed by atoms with Crippen molar-refractivity contribution in [1.82, 2.24) is 0 Å². The zero-order valence-corrected chi connectivity index (χ0v) is 12.9. The molecule has 0 atom stereocenters. The van der Waals surface area contributed by atoms with Crippen molar-refractivity contribution in [2.45, 2.75) is 19.0 Å². The van der Waals surface area contributed by atoms with Crippen LogP contribution in [0.1, 0.15) is 27.9 Å². The van der Waals surface area contributed by atoms with Gasteiger partial charge in [0.15, 0.2) is 5.78 Å². The van der Waals surface area contributed by atoms with Crippen LogP contribution in [0.5, 0.6) is 0 Å². The molecule has 0 spiro atoms. The molecule has 3 rings (SSSR count). The summed E-state index contributed by atoms with van der Waals surface area (Å²) in [5.74, 6) is -0.126. The van der Waals surface area contributed by atoms with Gasteiger partial charge in [-0.25, -0.2) is 0 Å². The Hall–Kier alpha value is -2.14. The summed E-state index contributed by atoms with van der Waals surface area (Å²) < 4.78 is 39.2. The lowest BCUT2D eigenvalue weighted by atomic mass is 10.0. The summed E-state index contributed by atoms with van der Waals surface area (Å²) in [4.78, 5) is 12.4. The van der Waals surface area contributed by atoms with E-state index in [1.54, 1.807) is 6.07 Å². The molecule has 0 fully saturated rings. The highest BCUT2D eigenvalue weighted by Crippen LogP contribution is 2.39. The Kier molecular flexibility index (Phi) is 4.22. The summed E-state index contributed by atoms with van der Waals surface area (Å²) in [6.07, 6.45) is -3.54. The second kappa shape index (κ2) is 6.16. The van der Waals surface area contributed by atoms with Gasteiger partial charge in [-0.2, -0.15) is 13.2 Å². The van der Waals surface area contributed by atoms with Crippen LogP contribution in [-0.4, -0.2) is 5.78 Å². The van der Waals surface area contributed by atoms with Crippen molar-refractivity contribution < 1.29 is 18.0 Å². The minimum Gasteiger partial charge on any atom is -0.294 e. The fourth-order valence-electron chi connectivity index (χ4n) is 2.53. The van der Waals surface area contributed by atoms with E-state index in [9.17, 15) is 18.0 Å². The predicted octanol–water partition coefficient (Wildman–Crippen LogP) is 5.74. The van der Waals surface area contributed by atoms with Gasteiger partial charge in [0, 0.05) is 27.5 Å². The van der Waals surface area contributed by atoms with Crippen LogP contribution in [-0.2, 0) is 12.6 Å². The van der Waals surface area contributed by atoms with Gasteiger partial charge < -0.3 is 0 Å². The van der Waals surface area contributed by atoms with Crippen LogP contribution >= 0.6 is 11.3 Å². The number of Topliss-reactive ketones (excluding diaryl/α,β-unsaturated/α-hetero) is 1. The third-order valence-corrected chi connectivity index (χ3v) is 4.72. The minimum atomic E-state index is -4.41. The molecule has 3 aromatic rings. The van der Waals surface area contributed by atoms with Crippen molar-refractivity contribution in [2.24, 2.45) is 0 Å². The Morgan fingerprint density at radius 2 is 1.74 bits per heavy atom. The standard InChI is InChI=1S/C18H13F3OS/c19-18(20,21)15-8-4-7-13-14(11-23-17(13)15)16(22)10-9-12-5-2-1-3-6-12/h1-8,11H,9-10H2. The lowest BCUT2D eigenvalue weighted by Gasteiger charge is -2.07. The van der Waals surface area contributed by atoms with Crippen LogP contribution in [0.4, 0.5) is 13.2 Å². The monoisotopic (exact) mass is 334 g/mol. The molecule has 0 amide bonds. The molecule has 5 heteroatoms. The molecule has 118 valence electrons. The van der Waals surface area contributed by atoms with Gasteiger partial charge in [-0.15, -0.1) is 11.3 Å². The number of ketones is 1. The largest absolute Gasteiger partial charge is 0.417 e. The summed E-state index contributed by atoms with van der Waals surface area (Å²) in [5, 5.41) is 1.93. The lowest BCUT2D eigenvalue weighted by molar-refractivity contribution is -0.136.